The van der Waals surface area contributed by atoms with E-state index in [1.807, 2.05) is 51.1 Å². The van der Waals surface area contributed by atoms with Crippen molar-refractivity contribution >= 4 is 23.3 Å². The van der Waals surface area contributed by atoms with Gasteiger partial charge in [0.25, 0.3) is 5.91 Å². The number of amides is 2. The maximum Gasteiger partial charge on any atom is 0.251 e. The van der Waals surface area contributed by atoms with Crippen LogP contribution >= 0.6 is 0 Å². The molecule has 1 atom stereocenters. The first-order valence-corrected chi connectivity index (χ1v) is 10.4. The highest BCUT2D eigenvalue weighted by Gasteiger charge is 2.25. The van der Waals surface area contributed by atoms with E-state index < -0.39 is 6.04 Å². The van der Waals surface area contributed by atoms with Gasteiger partial charge in [0.2, 0.25) is 5.91 Å². The third-order valence-corrected chi connectivity index (χ3v) is 5.36. The van der Waals surface area contributed by atoms with Gasteiger partial charge in [-0.25, -0.2) is 4.98 Å². The van der Waals surface area contributed by atoms with E-state index in [0.717, 1.165) is 37.6 Å². The SMILES string of the molecule is Cc1cccc(C(=O)NC(C(=O)Nc2ccc(N3CCN(C)CC3)nc2)C(C)C)c1. The molecule has 0 saturated carbocycles. The quantitative estimate of drug-likeness (QED) is 0.767. The van der Waals surface area contributed by atoms with Crippen LogP contribution < -0.4 is 15.5 Å². The number of carbonyl (C=O) groups excluding carboxylic acids is 2. The number of hydrogen-bond donors (Lipinski definition) is 2. The number of nitrogens with one attached hydrogen (secondary N) is 2. The molecule has 1 aromatic carbocycles. The molecule has 3 rings (SSSR count). The lowest BCUT2D eigenvalue weighted by Gasteiger charge is -2.33. The number of carbonyl (C=O) groups is 2. The van der Waals surface area contributed by atoms with E-state index in [1.54, 1.807) is 12.3 Å². The molecule has 0 bridgehead atoms. The lowest BCUT2D eigenvalue weighted by atomic mass is 10.0. The zero-order valence-corrected chi connectivity index (χ0v) is 18.2. The van der Waals surface area contributed by atoms with Gasteiger partial charge in [0.05, 0.1) is 11.9 Å². The van der Waals surface area contributed by atoms with E-state index in [2.05, 4.69) is 32.5 Å². The number of anilines is 2. The number of nitrogens with zero attached hydrogens (tertiary/aromatic N) is 3. The van der Waals surface area contributed by atoms with Crippen molar-refractivity contribution < 1.29 is 9.59 Å². The molecule has 2 aromatic rings. The third-order valence-electron chi connectivity index (χ3n) is 5.36. The molecular formula is C23H31N5O2. The number of pyridine rings is 1. The highest BCUT2D eigenvalue weighted by Crippen LogP contribution is 2.17. The second kappa shape index (κ2) is 9.71. The summed E-state index contributed by atoms with van der Waals surface area (Å²) in [4.78, 5) is 34.5. The topological polar surface area (TPSA) is 77.6 Å². The molecule has 2 heterocycles. The van der Waals surface area contributed by atoms with Crippen molar-refractivity contribution in [1.82, 2.24) is 15.2 Å². The van der Waals surface area contributed by atoms with E-state index in [4.69, 9.17) is 0 Å². The fourth-order valence-electron chi connectivity index (χ4n) is 3.45. The lowest BCUT2D eigenvalue weighted by Crippen LogP contribution is -2.47. The van der Waals surface area contributed by atoms with Crippen molar-refractivity contribution in [1.29, 1.82) is 0 Å². The molecule has 30 heavy (non-hydrogen) atoms. The second-order valence-electron chi connectivity index (χ2n) is 8.25. The summed E-state index contributed by atoms with van der Waals surface area (Å²) in [6.45, 7) is 9.66. The van der Waals surface area contributed by atoms with Crippen molar-refractivity contribution in [2.75, 3.05) is 43.4 Å². The van der Waals surface area contributed by atoms with Gasteiger partial charge in [-0.05, 0) is 44.2 Å². The maximum absolute atomic E-state index is 12.8. The van der Waals surface area contributed by atoms with E-state index in [9.17, 15) is 9.59 Å². The molecule has 1 unspecified atom stereocenters. The number of aryl methyl sites for hydroxylation is 1. The van der Waals surface area contributed by atoms with Gasteiger partial charge >= 0.3 is 0 Å². The molecule has 160 valence electrons. The summed E-state index contributed by atoms with van der Waals surface area (Å²) in [5, 5.41) is 5.75. The highest BCUT2D eigenvalue weighted by atomic mass is 16.2. The van der Waals surface area contributed by atoms with Crippen LogP contribution in [0.1, 0.15) is 29.8 Å². The van der Waals surface area contributed by atoms with Crippen molar-refractivity contribution in [3.05, 3.63) is 53.7 Å². The fourth-order valence-corrected chi connectivity index (χ4v) is 3.45. The maximum atomic E-state index is 12.8. The number of hydrogen-bond acceptors (Lipinski definition) is 5. The molecule has 2 amide bonds. The molecule has 1 saturated heterocycles. The highest BCUT2D eigenvalue weighted by molar-refractivity contribution is 6.01. The Balaban J connectivity index is 1.62. The van der Waals surface area contributed by atoms with Crippen LogP contribution in [0.5, 0.6) is 0 Å². The average Bonchev–Trinajstić information content (AvgIpc) is 2.72. The van der Waals surface area contributed by atoms with Crippen molar-refractivity contribution in [3.8, 4) is 0 Å². The number of likely N-dealkylation sites (N-methyl/N-ethyl adjacent to an activating group) is 1. The minimum absolute atomic E-state index is 0.0590. The third kappa shape index (κ3) is 5.57. The van der Waals surface area contributed by atoms with E-state index in [1.165, 1.54) is 0 Å². The van der Waals surface area contributed by atoms with Crippen molar-refractivity contribution in [2.24, 2.45) is 5.92 Å². The van der Waals surface area contributed by atoms with Crippen LogP contribution in [0, 0.1) is 12.8 Å². The molecule has 0 radical (unpaired) electrons. The Hall–Kier alpha value is -2.93. The standard InChI is InChI=1S/C23H31N5O2/c1-16(2)21(26-22(29)18-7-5-6-17(3)14-18)23(30)25-19-8-9-20(24-15-19)28-12-10-27(4)11-13-28/h5-9,14-16,21H,10-13H2,1-4H3,(H,25,30)(H,26,29). The predicted octanol–water partition coefficient (Wildman–Crippen LogP) is 2.53. The molecule has 7 heteroatoms. The normalized spacial score (nSPS) is 15.7. The van der Waals surface area contributed by atoms with Gasteiger partial charge in [0.1, 0.15) is 11.9 Å². The summed E-state index contributed by atoms with van der Waals surface area (Å²) >= 11 is 0. The van der Waals surface area contributed by atoms with Gasteiger partial charge in [-0.15, -0.1) is 0 Å². The van der Waals surface area contributed by atoms with E-state index in [-0.39, 0.29) is 17.7 Å². The van der Waals surface area contributed by atoms with Crippen LogP contribution in [-0.2, 0) is 4.79 Å². The van der Waals surface area contributed by atoms with Crippen LogP contribution in [0.2, 0.25) is 0 Å². The largest absolute Gasteiger partial charge is 0.354 e. The van der Waals surface area contributed by atoms with Crippen molar-refractivity contribution in [3.63, 3.8) is 0 Å². The summed E-state index contributed by atoms with van der Waals surface area (Å²) in [5.41, 5.74) is 2.17. The summed E-state index contributed by atoms with van der Waals surface area (Å²) in [7, 11) is 2.12. The van der Waals surface area contributed by atoms with Crippen molar-refractivity contribution in [2.45, 2.75) is 26.8 Å². The molecule has 1 aromatic heterocycles. The van der Waals surface area contributed by atoms with E-state index in [0.29, 0.717) is 11.3 Å². The monoisotopic (exact) mass is 409 g/mol. The molecule has 2 N–H and O–H groups in total. The van der Waals surface area contributed by atoms with Gasteiger partial charge in [-0.3, -0.25) is 9.59 Å². The molecule has 1 aliphatic heterocycles. The number of piperazine rings is 1. The van der Waals surface area contributed by atoms with Gasteiger partial charge in [0, 0.05) is 31.7 Å². The average molecular weight is 410 g/mol. The van der Waals surface area contributed by atoms with Gasteiger partial charge < -0.3 is 20.4 Å². The summed E-state index contributed by atoms with van der Waals surface area (Å²) < 4.78 is 0. The summed E-state index contributed by atoms with van der Waals surface area (Å²) in [6.07, 6.45) is 1.67. The minimum Gasteiger partial charge on any atom is -0.354 e. The zero-order chi connectivity index (χ0) is 21.7. The Bertz CT molecular complexity index is 873. The Labute approximate surface area is 178 Å². The summed E-state index contributed by atoms with van der Waals surface area (Å²) in [6, 6.07) is 10.5. The Morgan fingerprint density at radius 3 is 2.40 bits per heavy atom. The second-order valence-corrected chi connectivity index (χ2v) is 8.25. The van der Waals surface area contributed by atoms with Crippen LogP contribution in [0.15, 0.2) is 42.6 Å². The molecule has 1 fully saturated rings. The molecule has 0 aliphatic carbocycles. The summed E-state index contributed by atoms with van der Waals surface area (Å²) in [5.74, 6) is 0.349. The smallest absolute Gasteiger partial charge is 0.251 e. The van der Waals surface area contributed by atoms with Crippen LogP contribution in [0.25, 0.3) is 0 Å². The predicted molar refractivity (Wildman–Crippen MR) is 120 cm³/mol. The first-order valence-electron chi connectivity index (χ1n) is 10.4. The molecule has 0 spiro atoms. The van der Waals surface area contributed by atoms with Gasteiger partial charge in [-0.1, -0.05) is 31.5 Å². The van der Waals surface area contributed by atoms with Crippen LogP contribution in [0.3, 0.4) is 0 Å². The number of rotatable bonds is 6. The Morgan fingerprint density at radius 2 is 1.80 bits per heavy atom. The fraction of sp³-hybridized carbons (Fsp3) is 0.435. The lowest BCUT2D eigenvalue weighted by molar-refractivity contribution is -0.118. The first kappa shape index (κ1) is 21.8. The molecular weight excluding hydrogens is 378 g/mol. The zero-order valence-electron chi connectivity index (χ0n) is 18.2. The Morgan fingerprint density at radius 1 is 1.07 bits per heavy atom. The first-order chi connectivity index (χ1) is 14.3. The van der Waals surface area contributed by atoms with Gasteiger partial charge in [-0.2, -0.15) is 0 Å². The number of aromatic nitrogens is 1. The number of benzene rings is 1. The molecule has 1 aliphatic rings. The molecule has 7 nitrogen and oxygen atoms in total. The van der Waals surface area contributed by atoms with Crippen LogP contribution in [0.4, 0.5) is 11.5 Å². The van der Waals surface area contributed by atoms with E-state index >= 15 is 0 Å². The van der Waals surface area contributed by atoms with Gasteiger partial charge in [0.15, 0.2) is 0 Å². The minimum atomic E-state index is -0.643. The Kier molecular flexibility index (Phi) is 7.05. The van der Waals surface area contributed by atoms with Crippen LogP contribution in [-0.4, -0.2) is 61.0 Å².